The molecule has 0 aliphatic heterocycles. The summed E-state index contributed by atoms with van der Waals surface area (Å²) in [6.45, 7) is 5.67. The van der Waals surface area contributed by atoms with Crippen molar-refractivity contribution in [1.29, 1.82) is 0 Å². The lowest BCUT2D eigenvalue weighted by atomic mass is 10.2. The number of ether oxygens (including phenoxy) is 1. The van der Waals surface area contributed by atoms with Gasteiger partial charge in [-0.2, -0.15) is 0 Å². The fraction of sp³-hybridized carbons (Fsp3) is 0.300. The minimum atomic E-state index is -0.388. The number of benzene rings is 1. The number of carbonyl (C=O) groups is 1. The SMILES string of the molecule is CCn1c(=O)c2c(nc(/C=C/c3cccc(OC(C)=O)c3)n2C)n(CC)c1=O. The molecule has 0 radical (unpaired) electrons. The van der Waals surface area contributed by atoms with Gasteiger partial charge in [-0.05, 0) is 37.6 Å². The Hall–Kier alpha value is -3.42. The molecular formula is C20H22N4O4. The predicted octanol–water partition coefficient (Wildman–Crippen LogP) is 2.03. The first-order valence-corrected chi connectivity index (χ1v) is 9.04. The standard InChI is InChI=1S/C20H22N4O4/c1-5-23-18-17(19(26)24(6-2)20(23)27)22(4)16(21-18)11-10-14-8-7-9-15(12-14)28-13(3)25/h7-12H,5-6H2,1-4H3/b11-10+. The Bertz CT molecular complexity index is 1200. The fourth-order valence-corrected chi connectivity index (χ4v) is 3.11. The van der Waals surface area contributed by atoms with E-state index >= 15 is 0 Å². The predicted molar refractivity (Wildman–Crippen MR) is 107 cm³/mol. The van der Waals surface area contributed by atoms with Crippen LogP contribution in [0.25, 0.3) is 23.3 Å². The van der Waals surface area contributed by atoms with Crippen LogP contribution in [-0.2, 0) is 24.9 Å². The average molecular weight is 382 g/mol. The van der Waals surface area contributed by atoms with E-state index in [2.05, 4.69) is 4.98 Å². The molecule has 0 saturated carbocycles. The Labute approximate surface area is 161 Å². The molecule has 2 aromatic heterocycles. The van der Waals surface area contributed by atoms with Crippen LogP contribution in [0.1, 0.15) is 32.2 Å². The van der Waals surface area contributed by atoms with E-state index in [1.165, 1.54) is 16.1 Å². The van der Waals surface area contributed by atoms with Gasteiger partial charge in [0.05, 0.1) is 0 Å². The molecule has 2 heterocycles. The summed E-state index contributed by atoms with van der Waals surface area (Å²) in [5, 5.41) is 0. The van der Waals surface area contributed by atoms with Crippen LogP contribution in [0.3, 0.4) is 0 Å². The lowest BCUT2D eigenvalue weighted by molar-refractivity contribution is -0.131. The van der Waals surface area contributed by atoms with E-state index < -0.39 is 0 Å². The molecular weight excluding hydrogens is 360 g/mol. The third-order valence-electron chi connectivity index (χ3n) is 4.45. The molecule has 0 bridgehead atoms. The molecule has 28 heavy (non-hydrogen) atoms. The van der Waals surface area contributed by atoms with Gasteiger partial charge in [0.2, 0.25) is 0 Å². The molecule has 8 nitrogen and oxygen atoms in total. The second kappa shape index (κ2) is 7.67. The molecule has 0 amide bonds. The minimum absolute atomic E-state index is 0.299. The van der Waals surface area contributed by atoms with E-state index in [0.29, 0.717) is 35.8 Å². The normalized spacial score (nSPS) is 11.4. The van der Waals surface area contributed by atoms with Crippen LogP contribution in [0, 0.1) is 0 Å². The number of hydrogen-bond donors (Lipinski definition) is 0. The molecule has 0 spiro atoms. The number of nitrogens with zero attached hydrogens (tertiary/aromatic N) is 4. The molecule has 0 saturated heterocycles. The van der Waals surface area contributed by atoms with Gasteiger partial charge in [-0.1, -0.05) is 18.2 Å². The number of imidazole rings is 1. The summed E-state index contributed by atoms with van der Waals surface area (Å²) >= 11 is 0. The van der Waals surface area contributed by atoms with Gasteiger partial charge >= 0.3 is 11.7 Å². The van der Waals surface area contributed by atoms with Crippen LogP contribution in [0.15, 0.2) is 33.9 Å². The Morgan fingerprint density at radius 2 is 1.86 bits per heavy atom. The molecule has 3 aromatic rings. The lowest BCUT2D eigenvalue weighted by Gasteiger charge is -2.08. The molecule has 3 rings (SSSR count). The van der Waals surface area contributed by atoms with Crippen molar-refractivity contribution in [2.75, 3.05) is 0 Å². The highest BCUT2D eigenvalue weighted by Gasteiger charge is 2.17. The lowest BCUT2D eigenvalue weighted by Crippen LogP contribution is -2.39. The van der Waals surface area contributed by atoms with Crippen LogP contribution in [-0.4, -0.2) is 24.7 Å². The number of fused-ring (bicyclic) bond motifs is 1. The van der Waals surface area contributed by atoms with Gasteiger partial charge in [-0.25, -0.2) is 9.78 Å². The number of carbonyl (C=O) groups excluding carboxylic acids is 1. The van der Waals surface area contributed by atoms with E-state index in [4.69, 9.17) is 4.74 Å². The highest BCUT2D eigenvalue weighted by Crippen LogP contribution is 2.17. The highest BCUT2D eigenvalue weighted by atomic mass is 16.5. The zero-order valence-electron chi connectivity index (χ0n) is 16.3. The fourth-order valence-electron chi connectivity index (χ4n) is 3.11. The summed E-state index contributed by atoms with van der Waals surface area (Å²) in [5.74, 6) is 0.604. The molecule has 146 valence electrons. The molecule has 0 N–H and O–H groups in total. The number of rotatable bonds is 5. The third kappa shape index (κ3) is 3.40. The van der Waals surface area contributed by atoms with Crippen molar-refractivity contribution in [2.45, 2.75) is 33.9 Å². The number of esters is 1. The van der Waals surface area contributed by atoms with Gasteiger partial charge in [-0.3, -0.25) is 18.7 Å². The first-order chi connectivity index (χ1) is 13.4. The zero-order chi connectivity index (χ0) is 20.4. The zero-order valence-corrected chi connectivity index (χ0v) is 16.3. The molecule has 0 fully saturated rings. The Balaban J connectivity index is 2.10. The van der Waals surface area contributed by atoms with Crippen LogP contribution in [0.5, 0.6) is 5.75 Å². The van der Waals surface area contributed by atoms with Gasteiger partial charge < -0.3 is 9.30 Å². The van der Waals surface area contributed by atoms with E-state index in [-0.39, 0.29) is 17.2 Å². The highest BCUT2D eigenvalue weighted by molar-refractivity contribution is 5.77. The average Bonchev–Trinajstić information content (AvgIpc) is 2.97. The van der Waals surface area contributed by atoms with Gasteiger partial charge in [0, 0.05) is 27.1 Å². The first kappa shape index (κ1) is 19.3. The topological polar surface area (TPSA) is 88.1 Å². The molecule has 0 aliphatic carbocycles. The second-order valence-corrected chi connectivity index (χ2v) is 6.28. The monoisotopic (exact) mass is 382 g/mol. The summed E-state index contributed by atoms with van der Waals surface area (Å²) in [5.41, 5.74) is 0.864. The maximum Gasteiger partial charge on any atom is 0.332 e. The summed E-state index contributed by atoms with van der Waals surface area (Å²) in [6.07, 6.45) is 3.56. The van der Waals surface area contributed by atoms with Crippen LogP contribution in [0.4, 0.5) is 0 Å². The maximum absolute atomic E-state index is 12.7. The molecule has 0 unspecified atom stereocenters. The molecule has 0 atom stereocenters. The van der Waals surface area contributed by atoms with Gasteiger partial charge in [0.25, 0.3) is 5.56 Å². The molecule has 0 aliphatic rings. The quantitative estimate of drug-likeness (QED) is 0.498. The Kier molecular flexibility index (Phi) is 5.30. The number of aryl methyl sites for hydroxylation is 2. The van der Waals surface area contributed by atoms with Crippen molar-refractivity contribution in [3.8, 4) is 5.75 Å². The molecule has 1 aromatic carbocycles. The maximum atomic E-state index is 12.7. The van der Waals surface area contributed by atoms with Crippen molar-refractivity contribution in [3.05, 3.63) is 56.5 Å². The minimum Gasteiger partial charge on any atom is -0.427 e. The second-order valence-electron chi connectivity index (χ2n) is 6.28. The van der Waals surface area contributed by atoms with E-state index in [1.807, 2.05) is 13.0 Å². The number of hydrogen-bond acceptors (Lipinski definition) is 5. The molecule has 8 heteroatoms. The van der Waals surface area contributed by atoms with Crippen molar-refractivity contribution in [3.63, 3.8) is 0 Å². The van der Waals surface area contributed by atoms with E-state index in [0.717, 1.165) is 5.56 Å². The van der Waals surface area contributed by atoms with Crippen LogP contribution in [0.2, 0.25) is 0 Å². The first-order valence-electron chi connectivity index (χ1n) is 9.04. The van der Waals surface area contributed by atoms with Crippen LogP contribution >= 0.6 is 0 Å². The Morgan fingerprint density at radius 1 is 1.14 bits per heavy atom. The van der Waals surface area contributed by atoms with Crippen molar-refractivity contribution in [2.24, 2.45) is 7.05 Å². The van der Waals surface area contributed by atoms with E-state index in [9.17, 15) is 14.4 Å². The summed E-state index contributed by atoms with van der Waals surface area (Å²) in [4.78, 5) is 40.8. The number of aromatic nitrogens is 4. The smallest absolute Gasteiger partial charge is 0.332 e. The summed E-state index contributed by atoms with van der Waals surface area (Å²) in [7, 11) is 1.75. The van der Waals surface area contributed by atoms with Crippen molar-refractivity contribution < 1.29 is 9.53 Å². The van der Waals surface area contributed by atoms with Gasteiger partial charge in [-0.15, -0.1) is 0 Å². The van der Waals surface area contributed by atoms with Gasteiger partial charge in [0.15, 0.2) is 11.2 Å². The Morgan fingerprint density at radius 3 is 2.50 bits per heavy atom. The van der Waals surface area contributed by atoms with Crippen LogP contribution < -0.4 is 16.0 Å². The largest absolute Gasteiger partial charge is 0.427 e. The summed E-state index contributed by atoms with van der Waals surface area (Å²) in [6, 6.07) is 7.06. The van der Waals surface area contributed by atoms with E-state index in [1.54, 1.807) is 48.9 Å². The van der Waals surface area contributed by atoms with Crippen molar-refractivity contribution in [1.82, 2.24) is 18.7 Å². The summed E-state index contributed by atoms with van der Waals surface area (Å²) < 4.78 is 9.48. The van der Waals surface area contributed by atoms with Gasteiger partial charge in [0.1, 0.15) is 11.6 Å². The third-order valence-corrected chi connectivity index (χ3v) is 4.45. The van der Waals surface area contributed by atoms with Crippen molar-refractivity contribution >= 4 is 29.3 Å².